The molecule has 1 saturated heterocycles. The summed E-state index contributed by atoms with van der Waals surface area (Å²) in [5.41, 5.74) is 8.64. The van der Waals surface area contributed by atoms with Gasteiger partial charge in [-0.05, 0) is 56.8 Å². The molecule has 1 fully saturated rings. The summed E-state index contributed by atoms with van der Waals surface area (Å²) >= 11 is 0. The van der Waals surface area contributed by atoms with Gasteiger partial charge in [-0.25, -0.2) is 4.79 Å². The van der Waals surface area contributed by atoms with E-state index in [2.05, 4.69) is 14.9 Å². The van der Waals surface area contributed by atoms with Gasteiger partial charge in [-0.1, -0.05) is 23.7 Å². The second kappa shape index (κ2) is 12.4. The lowest BCUT2D eigenvalue weighted by Crippen LogP contribution is -2.50. The number of aliphatic hydroxyl groups excluding tert-OH is 1. The van der Waals surface area contributed by atoms with Gasteiger partial charge in [0, 0.05) is 44.2 Å². The van der Waals surface area contributed by atoms with Crippen molar-refractivity contribution in [1.82, 2.24) is 9.80 Å². The molecule has 9 nitrogen and oxygen atoms in total. The number of carbonyl (C=O) groups excluding carboxylic acids is 1. The standard InChI is InChI=1S/C22H35N5O4/c1-22(2,3)31-21(29)27-14-12-26(13-15-27)16-17-30-19-9-7-18(8-10-19)20(28)6-4-5-11-24-25-23/h7-10,20,28H,4-6,11-17H2,1-3H3. The average molecular weight is 434 g/mol. The van der Waals surface area contributed by atoms with Gasteiger partial charge < -0.3 is 19.5 Å². The number of nitrogens with zero attached hydrogens (tertiary/aromatic N) is 5. The van der Waals surface area contributed by atoms with Crippen LogP contribution in [0.4, 0.5) is 4.79 Å². The molecule has 0 aromatic heterocycles. The molecular formula is C22H35N5O4. The van der Waals surface area contributed by atoms with Crippen LogP contribution in [0.2, 0.25) is 0 Å². The first kappa shape index (κ1) is 24.8. The van der Waals surface area contributed by atoms with E-state index in [0.29, 0.717) is 32.7 Å². The Hall–Kier alpha value is -2.48. The maximum absolute atomic E-state index is 12.1. The molecule has 1 aliphatic rings. The van der Waals surface area contributed by atoms with Crippen molar-refractivity contribution in [3.8, 4) is 5.75 Å². The Morgan fingerprint density at radius 2 is 1.87 bits per heavy atom. The molecule has 1 unspecified atom stereocenters. The molecule has 0 radical (unpaired) electrons. The Morgan fingerprint density at radius 3 is 2.48 bits per heavy atom. The van der Waals surface area contributed by atoms with Crippen molar-refractivity contribution < 1.29 is 19.4 Å². The summed E-state index contributed by atoms with van der Waals surface area (Å²) in [6, 6.07) is 7.51. The van der Waals surface area contributed by atoms with Gasteiger partial charge in [-0.2, -0.15) is 0 Å². The Bertz CT molecular complexity index is 720. The van der Waals surface area contributed by atoms with E-state index in [-0.39, 0.29) is 6.09 Å². The molecule has 1 N–H and O–H groups in total. The van der Waals surface area contributed by atoms with Gasteiger partial charge in [0.2, 0.25) is 0 Å². The minimum absolute atomic E-state index is 0.249. The SMILES string of the molecule is CC(C)(C)OC(=O)N1CCN(CCOc2ccc(C(O)CCCCN=[N+]=[N-])cc2)CC1. The van der Waals surface area contributed by atoms with Crippen molar-refractivity contribution in [2.45, 2.75) is 51.7 Å². The molecule has 9 heteroatoms. The first-order valence-electron chi connectivity index (χ1n) is 10.9. The second-order valence-electron chi connectivity index (χ2n) is 8.69. The van der Waals surface area contributed by atoms with E-state index in [1.165, 1.54) is 0 Å². The number of unbranched alkanes of at least 4 members (excludes halogenated alkanes) is 1. The summed E-state index contributed by atoms with van der Waals surface area (Å²) in [4.78, 5) is 18.9. The van der Waals surface area contributed by atoms with Crippen LogP contribution in [0.3, 0.4) is 0 Å². The number of benzene rings is 1. The van der Waals surface area contributed by atoms with Gasteiger partial charge in [0.1, 0.15) is 18.0 Å². The fraction of sp³-hybridized carbons (Fsp3) is 0.682. The summed E-state index contributed by atoms with van der Waals surface area (Å²) in [5.74, 6) is 0.770. The number of amides is 1. The number of azide groups is 1. The number of ether oxygens (including phenoxy) is 2. The molecule has 0 aliphatic carbocycles. The third-order valence-corrected chi connectivity index (χ3v) is 5.01. The molecule has 1 heterocycles. The molecule has 0 bridgehead atoms. The summed E-state index contributed by atoms with van der Waals surface area (Å²) in [5, 5.41) is 13.7. The molecule has 2 rings (SSSR count). The second-order valence-corrected chi connectivity index (χ2v) is 8.69. The van der Waals surface area contributed by atoms with Crippen LogP contribution in [0.25, 0.3) is 10.4 Å². The highest BCUT2D eigenvalue weighted by molar-refractivity contribution is 5.68. The van der Waals surface area contributed by atoms with Gasteiger partial charge in [0.25, 0.3) is 0 Å². The quantitative estimate of drug-likeness (QED) is 0.258. The highest BCUT2D eigenvalue weighted by Crippen LogP contribution is 2.22. The third kappa shape index (κ3) is 9.46. The zero-order chi connectivity index (χ0) is 22.7. The highest BCUT2D eigenvalue weighted by Gasteiger charge is 2.25. The highest BCUT2D eigenvalue weighted by atomic mass is 16.6. The van der Waals surface area contributed by atoms with E-state index in [4.69, 9.17) is 15.0 Å². The number of piperazine rings is 1. The third-order valence-electron chi connectivity index (χ3n) is 5.01. The lowest BCUT2D eigenvalue weighted by atomic mass is 10.0. The fourth-order valence-electron chi connectivity index (χ4n) is 3.29. The first-order chi connectivity index (χ1) is 14.8. The maximum atomic E-state index is 12.1. The minimum atomic E-state index is -0.526. The van der Waals surface area contributed by atoms with Crippen molar-refractivity contribution in [1.29, 1.82) is 0 Å². The topological polar surface area (TPSA) is 111 Å². The van der Waals surface area contributed by atoms with E-state index in [9.17, 15) is 9.90 Å². The zero-order valence-electron chi connectivity index (χ0n) is 18.9. The monoisotopic (exact) mass is 433 g/mol. The van der Waals surface area contributed by atoms with Crippen LogP contribution in [0.1, 0.15) is 51.7 Å². The molecule has 1 aliphatic heterocycles. The van der Waals surface area contributed by atoms with Crippen LogP contribution in [0.5, 0.6) is 5.75 Å². The van der Waals surface area contributed by atoms with Gasteiger partial charge in [-0.3, -0.25) is 4.90 Å². The predicted octanol–water partition coefficient (Wildman–Crippen LogP) is 4.13. The molecule has 1 amide bonds. The van der Waals surface area contributed by atoms with Crippen LogP contribution >= 0.6 is 0 Å². The molecule has 1 aromatic rings. The lowest BCUT2D eigenvalue weighted by molar-refractivity contribution is 0.0137. The molecule has 1 atom stereocenters. The Kier molecular flexibility index (Phi) is 9.91. The van der Waals surface area contributed by atoms with E-state index < -0.39 is 11.7 Å². The summed E-state index contributed by atoms with van der Waals surface area (Å²) in [7, 11) is 0. The normalized spacial score (nSPS) is 15.8. The molecule has 172 valence electrons. The van der Waals surface area contributed by atoms with Crippen LogP contribution in [-0.2, 0) is 4.74 Å². The van der Waals surface area contributed by atoms with Gasteiger partial charge in [0.05, 0.1) is 6.10 Å². The van der Waals surface area contributed by atoms with Crippen molar-refractivity contribution in [2.24, 2.45) is 5.11 Å². The minimum Gasteiger partial charge on any atom is -0.492 e. The van der Waals surface area contributed by atoms with Gasteiger partial charge in [0.15, 0.2) is 0 Å². The van der Waals surface area contributed by atoms with Crippen LogP contribution in [-0.4, -0.2) is 72.5 Å². The molecular weight excluding hydrogens is 398 g/mol. The molecule has 1 aromatic carbocycles. The predicted molar refractivity (Wildman–Crippen MR) is 119 cm³/mol. The number of hydrogen-bond donors (Lipinski definition) is 1. The van der Waals surface area contributed by atoms with E-state index in [1.807, 2.05) is 45.0 Å². The zero-order valence-corrected chi connectivity index (χ0v) is 18.9. The molecule has 0 spiro atoms. The van der Waals surface area contributed by atoms with Crippen molar-refractivity contribution in [2.75, 3.05) is 45.9 Å². The van der Waals surface area contributed by atoms with Crippen LogP contribution in [0.15, 0.2) is 29.4 Å². The van der Waals surface area contributed by atoms with Crippen LogP contribution < -0.4 is 4.74 Å². The Morgan fingerprint density at radius 1 is 1.19 bits per heavy atom. The Balaban J connectivity index is 1.64. The van der Waals surface area contributed by atoms with Gasteiger partial charge in [-0.15, -0.1) is 0 Å². The van der Waals surface area contributed by atoms with Crippen molar-refractivity contribution in [3.05, 3.63) is 40.3 Å². The average Bonchev–Trinajstić information content (AvgIpc) is 2.73. The van der Waals surface area contributed by atoms with Crippen molar-refractivity contribution in [3.63, 3.8) is 0 Å². The lowest BCUT2D eigenvalue weighted by Gasteiger charge is -2.35. The first-order valence-corrected chi connectivity index (χ1v) is 10.9. The molecule has 0 saturated carbocycles. The number of aliphatic hydroxyl groups is 1. The van der Waals surface area contributed by atoms with Crippen LogP contribution in [0, 0.1) is 0 Å². The number of rotatable bonds is 10. The molecule has 31 heavy (non-hydrogen) atoms. The van der Waals surface area contributed by atoms with E-state index in [0.717, 1.165) is 43.8 Å². The number of hydrogen-bond acceptors (Lipinski definition) is 6. The largest absolute Gasteiger partial charge is 0.492 e. The number of carbonyl (C=O) groups is 1. The maximum Gasteiger partial charge on any atom is 0.410 e. The van der Waals surface area contributed by atoms with Gasteiger partial charge >= 0.3 is 6.09 Å². The van der Waals surface area contributed by atoms with Crippen molar-refractivity contribution >= 4 is 6.09 Å². The van der Waals surface area contributed by atoms with E-state index in [1.54, 1.807) is 4.90 Å². The Labute approximate surface area is 184 Å². The van der Waals surface area contributed by atoms with E-state index >= 15 is 0 Å². The summed E-state index contributed by atoms with van der Waals surface area (Å²) < 4.78 is 11.3. The summed E-state index contributed by atoms with van der Waals surface area (Å²) in [6.45, 7) is 10.4. The fourth-order valence-corrected chi connectivity index (χ4v) is 3.29. The smallest absolute Gasteiger partial charge is 0.410 e. The summed E-state index contributed by atoms with van der Waals surface area (Å²) in [6.07, 6.45) is 1.44.